The summed E-state index contributed by atoms with van der Waals surface area (Å²) >= 11 is 0. The van der Waals surface area contributed by atoms with E-state index in [1.807, 2.05) is 0 Å². The van der Waals surface area contributed by atoms with E-state index in [9.17, 15) is 8.42 Å². The van der Waals surface area contributed by atoms with Gasteiger partial charge in [0, 0.05) is 12.6 Å². The van der Waals surface area contributed by atoms with Gasteiger partial charge in [-0.1, -0.05) is 6.92 Å². The van der Waals surface area contributed by atoms with E-state index in [0.717, 1.165) is 38.5 Å². The van der Waals surface area contributed by atoms with Gasteiger partial charge in [0.2, 0.25) is 10.0 Å². The second kappa shape index (κ2) is 3.96. The molecule has 2 saturated carbocycles. The molecule has 16 heavy (non-hydrogen) atoms. The van der Waals surface area contributed by atoms with Gasteiger partial charge in [-0.05, 0) is 38.5 Å². The Kier molecular flexibility index (Phi) is 3.05. The minimum Gasteiger partial charge on any atom is -0.383 e. The number of hydrogen-bond donors (Lipinski definition) is 1. The van der Waals surface area contributed by atoms with E-state index in [1.54, 1.807) is 7.11 Å². The lowest BCUT2D eigenvalue weighted by Crippen LogP contribution is -2.56. The van der Waals surface area contributed by atoms with E-state index in [2.05, 4.69) is 11.6 Å². The van der Waals surface area contributed by atoms with Crippen molar-refractivity contribution in [1.29, 1.82) is 0 Å². The molecule has 0 radical (unpaired) electrons. The van der Waals surface area contributed by atoms with Crippen LogP contribution in [0.2, 0.25) is 0 Å². The van der Waals surface area contributed by atoms with Crippen LogP contribution in [0, 0.1) is 0 Å². The summed E-state index contributed by atoms with van der Waals surface area (Å²) in [4.78, 5) is 0. The Balaban J connectivity index is 2.08. The van der Waals surface area contributed by atoms with Gasteiger partial charge in [-0.3, -0.25) is 0 Å². The van der Waals surface area contributed by atoms with Crippen molar-refractivity contribution in [1.82, 2.24) is 4.72 Å². The quantitative estimate of drug-likeness (QED) is 0.772. The van der Waals surface area contributed by atoms with Crippen molar-refractivity contribution >= 4 is 10.0 Å². The van der Waals surface area contributed by atoms with E-state index in [0.29, 0.717) is 6.61 Å². The van der Waals surface area contributed by atoms with Gasteiger partial charge in [0.25, 0.3) is 0 Å². The summed E-state index contributed by atoms with van der Waals surface area (Å²) in [6.07, 6.45) is 5.44. The third-order valence-electron chi connectivity index (χ3n) is 4.12. The van der Waals surface area contributed by atoms with Crippen LogP contribution in [0.1, 0.15) is 45.4 Å². The van der Waals surface area contributed by atoms with E-state index < -0.39 is 14.8 Å². The lowest BCUT2D eigenvalue weighted by atomic mass is 9.76. The van der Waals surface area contributed by atoms with Crippen LogP contribution in [0.25, 0.3) is 0 Å². The Labute approximate surface area is 97.8 Å². The van der Waals surface area contributed by atoms with Crippen LogP contribution in [0.5, 0.6) is 0 Å². The molecular weight excluding hydrogens is 226 g/mol. The number of methoxy groups -OCH3 is 1. The minimum atomic E-state index is -3.22. The molecule has 0 aliphatic heterocycles. The normalized spacial score (nSPS) is 26.1. The lowest BCUT2D eigenvalue weighted by molar-refractivity contribution is 0.185. The largest absolute Gasteiger partial charge is 0.383 e. The van der Waals surface area contributed by atoms with Crippen molar-refractivity contribution in [2.24, 2.45) is 0 Å². The molecule has 1 N–H and O–H groups in total. The van der Waals surface area contributed by atoms with Gasteiger partial charge < -0.3 is 4.74 Å². The molecule has 0 spiro atoms. The number of hydrogen-bond acceptors (Lipinski definition) is 3. The summed E-state index contributed by atoms with van der Waals surface area (Å²) in [5.41, 5.74) is -0.151. The average Bonchev–Trinajstić information content (AvgIpc) is 2.93. The highest BCUT2D eigenvalue weighted by molar-refractivity contribution is 7.91. The highest BCUT2D eigenvalue weighted by Crippen LogP contribution is 2.45. The molecule has 0 aromatic rings. The maximum Gasteiger partial charge on any atom is 0.220 e. The number of ether oxygens (including phenoxy) is 1. The molecule has 4 nitrogen and oxygen atoms in total. The van der Waals surface area contributed by atoms with E-state index >= 15 is 0 Å². The predicted octanol–water partition coefficient (Wildman–Crippen LogP) is 1.42. The average molecular weight is 247 g/mol. The van der Waals surface area contributed by atoms with Crippen LogP contribution in [0.4, 0.5) is 0 Å². The highest BCUT2D eigenvalue weighted by atomic mass is 32.2. The van der Waals surface area contributed by atoms with Crippen LogP contribution in [0.3, 0.4) is 0 Å². The molecule has 0 unspecified atom stereocenters. The standard InChI is InChI=1S/C11H21NO3S/c1-3-10(5-4-6-10)12-16(13,14)11(7-8-11)9-15-2/h12H,3-9H2,1-2H3. The SMILES string of the molecule is CCC1(NS(=O)(=O)C2(COC)CC2)CCC1. The number of nitrogens with one attached hydrogen (secondary N) is 1. The van der Waals surface area contributed by atoms with Crippen molar-refractivity contribution in [2.75, 3.05) is 13.7 Å². The molecule has 0 heterocycles. The zero-order chi connectivity index (χ0) is 11.9. The lowest BCUT2D eigenvalue weighted by Gasteiger charge is -2.42. The zero-order valence-electron chi connectivity index (χ0n) is 10.1. The second-order valence-corrected chi connectivity index (χ2v) is 7.29. The first-order valence-electron chi connectivity index (χ1n) is 6.02. The van der Waals surface area contributed by atoms with Crippen molar-refractivity contribution in [3.63, 3.8) is 0 Å². The fourth-order valence-corrected chi connectivity index (χ4v) is 4.47. The maximum atomic E-state index is 12.3. The molecule has 0 bridgehead atoms. The molecule has 5 heteroatoms. The van der Waals surface area contributed by atoms with Crippen molar-refractivity contribution in [3.05, 3.63) is 0 Å². The van der Waals surface area contributed by atoms with Gasteiger partial charge in [-0.25, -0.2) is 13.1 Å². The Bertz CT molecular complexity index is 350. The van der Waals surface area contributed by atoms with Gasteiger partial charge in [0.1, 0.15) is 4.75 Å². The predicted molar refractivity (Wildman–Crippen MR) is 62.8 cm³/mol. The third-order valence-corrected chi connectivity index (χ3v) is 6.49. The summed E-state index contributed by atoms with van der Waals surface area (Å²) in [6, 6.07) is 0. The molecule has 0 aromatic carbocycles. The molecular formula is C11H21NO3S. The summed E-state index contributed by atoms with van der Waals surface area (Å²) < 4.78 is 31.9. The van der Waals surface area contributed by atoms with Gasteiger partial charge in [-0.2, -0.15) is 0 Å². The third kappa shape index (κ3) is 1.89. The van der Waals surface area contributed by atoms with Crippen LogP contribution >= 0.6 is 0 Å². The smallest absolute Gasteiger partial charge is 0.220 e. The molecule has 2 aliphatic rings. The second-order valence-electron chi connectivity index (χ2n) is 5.21. The molecule has 2 rings (SSSR count). The Hall–Kier alpha value is -0.130. The van der Waals surface area contributed by atoms with Gasteiger partial charge in [-0.15, -0.1) is 0 Å². The number of rotatable bonds is 6. The first-order valence-corrected chi connectivity index (χ1v) is 7.50. The van der Waals surface area contributed by atoms with Crippen molar-refractivity contribution < 1.29 is 13.2 Å². The fraction of sp³-hybridized carbons (Fsp3) is 1.00. The van der Waals surface area contributed by atoms with Crippen molar-refractivity contribution in [2.45, 2.75) is 55.7 Å². The fourth-order valence-electron chi connectivity index (χ4n) is 2.42. The highest BCUT2D eigenvalue weighted by Gasteiger charge is 2.57. The molecule has 0 amide bonds. The Morgan fingerprint density at radius 2 is 1.88 bits per heavy atom. The van der Waals surface area contributed by atoms with Crippen LogP contribution in [0.15, 0.2) is 0 Å². The first kappa shape index (κ1) is 12.3. The summed E-state index contributed by atoms with van der Waals surface area (Å²) in [5, 5.41) is 0. The zero-order valence-corrected chi connectivity index (χ0v) is 10.9. The summed E-state index contributed by atoms with van der Waals surface area (Å²) in [6.45, 7) is 2.37. The molecule has 0 atom stereocenters. The van der Waals surface area contributed by atoms with E-state index in [4.69, 9.17) is 4.74 Å². The van der Waals surface area contributed by atoms with Crippen LogP contribution < -0.4 is 4.72 Å². The molecule has 94 valence electrons. The summed E-state index contributed by atoms with van der Waals surface area (Å²) in [5.74, 6) is 0. The minimum absolute atomic E-state index is 0.151. The van der Waals surface area contributed by atoms with Crippen molar-refractivity contribution in [3.8, 4) is 0 Å². The van der Waals surface area contributed by atoms with Crippen LogP contribution in [-0.4, -0.2) is 32.4 Å². The van der Waals surface area contributed by atoms with E-state index in [1.165, 1.54) is 0 Å². The first-order chi connectivity index (χ1) is 7.49. The summed E-state index contributed by atoms with van der Waals surface area (Å²) in [7, 11) is -1.65. The van der Waals surface area contributed by atoms with Crippen LogP contribution in [-0.2, 0) is 14.8 Å². The monoisotopic (exact) mass is 247 g/mol. The molecule has 2 fully saturated rings. The van der Waals surface area contributed by atoms with Gasteiger partial charge in [0.15, 0.2) is 0 Å². The van der Waals surface area contributed by atoms with E-state index in [-0.39, 0.29) is 5.54 Å². The Morgan fingerprint density at radius 1 is 1.25 bits per heavy atom. The molecule has 0 aromatic heterocycles. The number of sulfonamides is 1. The van der Waals surface area contributed by atoms with Gasteiger partial charge in [0.05, 0.1) is 6.61 Å². The molecule has 0 saturated heterocycles. The molecule has 2 aliphatic carbocycles. The maximum absolute atomic E-state index is 12.3. The Morgan fingerprint density at radius 3 is 2.19 bits per heavy atom. The topological polar surface area (TPSA) is 55.4 Å². The van der Waals surface area contributed by atoms with Gasteiger partial charge >= 0.3 is 0 Å².